The Bertz CT molecular complexity index is 535. The van der Waals surface area contributed by atoms with E-state index in [0.717, 1.165) is 0 Å². The number of nitrogens with zero attached hydrogens (tertiary/aromatic N) is 2. The second-order valence-corrected chi connectivity index (χ2v) is 4.52. The maximum Gasteiger partial charge on any atom is 0.201 e. The standard InChI is InChI=1S/C9H6BrCl2N5/c10-5-1-4(11)2-6(8(5)12)16-17-7(3-13)9(14)15/h1-2,16H,(H3,14,15)/b17-7+. The Balaban J connectivity index is 3.05. The van der Waals surface area contributed by atoms with Crippen LogP contribution in [0.5, 0.6) is 0 Å². The molecule has 5 nitrogen and oxygen atoms in total. The second kappa shape index (κ2) is 5.87. The van der Waals surface area contributed by atoms with Gasteiger partial charge in [-0.3, -0.25) is 10.8 Å². The zero-order chi connectivity index (χ0) is 13.0. The van der Waals surface area contributed by atoms with E-state index in [1.165, 1.54) is 6.07 Å². The highest BCUT2D eigenvalue weighted by molar-refractivity contribution is 9.10. The minimum atomic E-state index is -0.433. The molecule has 1 rings (SSSR count). The van der Waals surface area contributed by atoms with Crippen LogP contribution in [0.2, 0.25) is 10.0 Å². The molecule has 8 heteroatoms. The van der Waals surface area contributed by atoms with Gasteiger partial charge in [-0.15, -0.1) is 0 Å². The van der Waals surface area contributed by atoms with E-state index in [1.807, 2.05) is 0 Å². The van der Waals surface area contributed by atoms with Crippen LogP contribution in [0.25, 0.3) is 0 Å². The van der Waals surface area contributed by atoms with E-state index in [4.69, 9.17) is 39.6 Å². The summed E-state index contributed by atoms with van der Waals surface area (Å²) in [5, 5.41) is 20.2. The monoisotopic (exact) mass is 333 g/mol. The van der Waals surface area contributed by atoms with Crippen molar-refractivity contribution in [1.82, 2.24) is 0 Å². The Hall–Kier alpha value is -1.29. The van der Waals surface area contributed by atoms with Gasteiger partial charge in [0.25, 0.3) is 0 Å². The number of nitriles is 1. The van der Waals surface area contributed by atoms with Gasteiger partial charge < -0.3 is 5.73 Å². The number of hydrazone groups is 1. The first-order valence-corrected chi connectivity index (χ1v) is 5.73. The minimum Gasteiger partial charge on any atom is -0.382 e. The van der Waals surface area contributed by atoms with Gasteiger partial charge in [-0.05, 0) is 28.1 Å². The van der Waals surface area contributed by atoms with E-state index in [9.17, 15) is 0 Å². The molecule has 0 unspecified atom stereocenters. The average Bonchev–Trinajstić information content (AvgIpc) is 2.25. The van der Waals surface area contributed by atoms with Gasteiger partial charge in [-0.2, -0.15) is 10.4 Å². The van der Waals surface area contributed by atoms with E-state index in [1.54, 1.807) is 12.1 Å². The Morgan fingerprint density at radius 2 is 2.18 bits per heavy atom. The molecule has 0 saturated heterocycles. The van der Waals surface area contributed by atoms with Crippen LogP contribution in [-0.2, 0) is 0 Å². The molecule has 0 radical (unpaired) electrons. The van der Waals surface area contributed by atoms with Crippen LogP contribution in [-0.4, -0.2) is 11.5 Å². The van der Waals surface area contributed by atoms with Gasteiger partial charge in [0.15, 0.2) is 5.84 Å². The van der Waals surface area contributed by atoms with Crippen molar-refractivity contribution in [3.63, 3.8) is 0 Å². The highest BCUT2D eigenvalue weighted by atomic mass is 79.9. The van der Waals surface area contributed by atoms with E-state index in [0.29, 0.717) is 20.2 Å². The molecule has 0 spiro atoms. The molecule has 0 heterocycles. The summed E-state index contributed by atoms with van der Waals surface area (Å²) in [6, 6.07) is 4.83. The topological polar surface area (TPSA) is 98.0 Å². The SMILES string of the molecule is N#C/C(=N\Nc1cc(Cl)cc(Br)c1Cl)C(=N)N. The molecule has 1 aromatic carbocycles. The molecule has 0 amide bonds. The van der Waals surface area contributed by atoms with Gasteiger partial charge in [-0.25, -0.2) is 0 Å². The number of benzene rings is 1. The predicted molar refractivity (Wildman–Crippen MR) is 72.7 cm³/mol. The third-order valence-electron chi connectivity index (χ3n) is 1.64. The van der Waals surface area contributed by atoms with Crippen molar-refractivity contribution >= 4 is 56.4 Å². The van der Waals surface area contributed by atoms with Gasteiger partial charge in [0, 0.05) is 9.50 Å². The number of halogens is 3. The Kier molecular flexibility index (Phi) is 4.75. The number of nitrogens with two attached hydrogens (primary N) is 1. The normalized spacial score (nSPS) is 10.8. The number of anilines is 1. The lowest BCUT2D eigenvalue weighted by atomic mass is 10.3. The Labute approximate surface area is 116 Å². The van der Waals surface area contributed by atoms with E-state index in [-0.39, 0.29) is 5.71 Å². The fourth-order valence-electron chi connectivity index (χ4n) is 0.899. The van der Waals surface area contributed by atoms with Gasteiger partial charge in [-0.1, -0.05) is 23.2 Å². The number of amidine groups is 1. The lowest BCUT2D eigenvalue weighted by Crippen LogP contribution is -2.21. The van der Waals surface area contributed by atoms with Crippen molar-refractivity contribution in [3.8, 4) is 6.07 Å². The average molecular weight is 335 g/mol. The summed E-state index contributed by atoms with van der Waals surface area (Å²) in [6.07, 6.45) is 0. The smallest absolute Gasteiger partial charge is 0.201 e. The molecular formula is C9H6BrCl2N5. The summed E-state index contributed by atoms with van der Waals surface area (Å²) in [6.45, 7) is 0. The van der Waals surface area contributed by atoms with Crippen LogP contribution in [0.3, 0.4) is 0 Å². The third-order valence-corrected chi connectivity index (χ3v) is 3.12. The molecule has 1 aromatic rings. The highest BCUT2D eigenvalue weighted by Gasteiger charge is 2.07. The van der Waals surface area contributed by atoms with Crippen LogP contribution < -0.4 is 11.2 Å². The van der Waals surface area contributed by atoms with Crippen molar-refractivity contribution in [3.05, 3.63) is 26.7 Å². The van der Waals surface area contributed by atoms with Crippen molar-refractivity contribution in [2.45, 2.75) is 0 Å². The summed E-state index contributed by atoms with van der Waals surface area (Å²) in [7, 11) is 0. The fourth-order valence-corrected chi connectivity index (χ4v) is 1.86. The van der Waals surface area contributed by atoms with Crippen molar-refractivity contribution in [1.29, 1.82) is 10.7 Å². The summed E-state index contributed by atoms with van der Waals surface area (Å²) < 4.78 is 0.589. The van der Waals surface area contributed by atoms with E-state index < -0.39 is 5.84 Å². The molecule has 0 aromatic heterocycles. The van der Waals surface area contributed by atoms with Crippen LogP contribution in [0.1, 0.15) is 0 Å². The molecule has 0 aliphatic carbocycles. The van der Waals surface area contributed by atoms with E-state index >= 15 is 0 Å². The first-order chi connectivity index (χ1) is 7.95. The highest BCUT2D eigenvalue weighted by Crippen LogP contribution is 2.33. The van der Waals surface area contributed by atoms with Crippen LogP contribution in [0.4, 0.5) is 5.69 Å². The maximum atomic E-state index is 8.64. The zero-order valence-electron chi connectivity index (χ0n) is 8.26. The third kappa shape index (κ3) is 3.60. The van der Waals surface area contributed by atoms with Crippen LogP contribution >= 0.6 is 39.1 Å². The molecule has 0 fully saturated rings. The van der Waals surface area contributed by atoms with Gasteiger partial charge >= 0.3 is 0 Å². The molecular weight excluding hydrogens is 329 g/mol. The van der Waals surface area contributed by atoms with Crippen molar-refractivity contribution in [2.75, 3.05) is 5.43 Å². The second-order valence-electron chi connectivity index (χ2n) is 2.85. The number of hydrogen-bond acceptors (Lipinski definition) is 4. The largest absolute Gasteiger partial charge is 0.382 e. The van der Waals surface area contributed by atoms with Gasteiger partial charge in [0.05, 0.1) is 10.7 Å². The lowest BCUT2D eigenvalue weighted by Gasteiger charge is -2.06. The van der Waals surface area contributed by atoms with Gasteiger partial charge in [0.1, 0.15) is 6.07 Å². The minimum absolute atomic E-state index is 0.239. The van der Waals surface area contributed by atoms with Crippen molar-refractivity contribution in [2.24, 2.45) is 10.8 Å². The Morgan fingerprint density at radius 3 is 2.71 bits per heavy atom. The quantitative estimate of drug-likeness (QED) is 0.343. The molecule has 88 valence electrons. The molecule has 0 atom stereocenters. The molecule has 0 bridgehead atoms. The first-order valence-electron chi connectivity index (χ1n) is 4.18. The summed E-state index contributed by atoms with van der Waals surface area (Å²) >= 11 is 15.0. The summed E-state index contributed by atoms with van der Waals surface area (Å²) in [5.41, 5.74) is 7.82. The van der Waals surface area contributed by atoms with Crippen LogP contribution in [0.15, 0.2) is 21.7 Å². The number of rotatable bonds is 3. The zero-order valence-corrected chi connectivity index (χ0v) is 11.4. The van der Waals surface area contributed by atoms with Gasteiger partial charge in [0.2, 0.25) is 5.71 Å². The molecule has 0 saturated carbocycles. The number of hydrogen-bond donors (Lipinski definition) is 3. The molecule has 4 N–H and O–H groups in total. The Morgan fingerprint density at radius 1 is 1.53 bits per heavy atom. The summed E-state index contributed by atoms with van der Waals surface area (Å²) in [5.74, 6) is -0.433. The lowest BCUT2D eigenvalue weighted by molar-refractivity contribution is 1.33. The van der Waals surface area contributed by atoms with E-state index in [2.05, 4.69) is 26.5 Å². The maximum absolute atomic E-state index is 8.64. The fraction of sp³-hybridized carbons (Fsp3) is 0. The van der Waals surface area contributed by atoms with Crippen LogP contribution in [0, 0.1) is 16.7 Å². The molecule has 0 aliphatic heterocycles. The number of nitrogens with one attached hydrogen (secondary N) is 2. The molecule has 17 heavy (non-hydrogen) atoms. The first kappa shape index (κ1) is 13.8. The predicted octanol–water partition coefficient (Wildman–Crippen LogP) is 2.98. The molecule has 0 aliphatic rings. The van der Waals surface area contributed by atoms with Crippen molar-refractivity contribution < 1.29 is 0 Å². The summed E-state index contributed by atoms with van der Waals surface area (Å²) in [4.78, 5) is 0.